The Hall–Kier alpha value is -1.22. The molecule has 4 nitrogen and oxygen atoms in total. The zero-order valence-electron chi connectivity index (χ0n) is 11.3. The SMILES string of the molecule is CC(C)S(=O)(=O)/C(C#N)=C/N(C)c1cc(Cl)cc(Cl)c1. The van der Waals surface area contributed by atoms with Gasteiger partial charge in [0.2, 0.25) is 0 Å². The fourth-order valence-electron chi connectivity index (χ4n) is 1.41. The topological polar surface area (TPSA) is 61.2 Å². The number of nitrogens with zero attached hydrogens (tertiary/aromatic N) is 2. The minimum atomic E-state index is -3.62. The Labute approximate surface area is 129 Å². The lowest BCUT2D eigenvalue weighted by molar-refractivity contribution is 0.594. The molecule has 7 heteroatoms. The number of nitriles is 1. The van der Waals surface area contributed by atoms with Crippen LogP contribution in [0.15, 0.2) is 29.3 Å². The third-order valence-corrected chi connectivity index (χ3v) is 5.09. The molecule has 0 saturated carbocycles. The molecule has 0 bridgehead atoms. The van der Waals surface area contributed by atoms with Crippen molar-refractivity contribution in [2.45, 2.75) is 19.1 Å². The first-order valence-electron chi connectivity index (χ1n) is 5.73. The van der Waals surface area contributed by atoms with E-state index in [-0.39, 0.29) is 4.91 Å². The summed E-state index contributed by atoms with van der Waals surface area (Å²) in [6.45, 7) is 3.05. The maximum absolute atomic E-state index is 12.0. The first-order valence-corrected chi connectivity index (χ1v) is 8.03. The number of rotatable bonds is 4. The predicted octanol–water partition coefficient (Wildman–Crippen LogP) is 3.62. The summed E-state index contributed by atoms with van der Waals surface area (Å²) in [6, 6.07) is 6.54. The van der Waals surface area contributed by atoms with E-state index in [0.717, 1.165) is 0 Å². The van der Waals surface area contributed by atoms with Crippen molar-refractivity contribution in [3.05, 3.63) is 39.3 Å². The van der Waals surface area contributed by atoms with Gasteiger partial charge in [0, 0.05) is 29.0 Å². The third-order valence-electron chi connectivity index (χ3n) is 2.60. The van der Waals surface area contributed by atoms with Crippen molar-refractivity contribution < 1.29 is 8.42 Å². The molecule has 0 fully saturated rings. The van der Waals surface area contributed by atoms with Crippen LogP contribution >= 0.6 is 23.2 Å². The molecule has 0 saturated heterocycles. The van der Waals surface area contributed by atoms with Crippen LogP contribution in [0.5, 0.6) is 0 Å². The summed E-state index contributed by atoms with van der Waals surface area (Å²) in [7, 11) is -2.00. The van der Waals surface area contributed by atoms with Gasteiger partial charge in [-0.15, -0.1) is 0 Å². The Balaban J connectivity index is 3.24. The molecule has 0 aliphatic heterocycles. The zero-order chi connectivity index (χ0) is 15.5. The van der Waals surface area contributed by atoms with Crippen LogP contribution in [-0.4, -0.2) is 20.7 Å². The second-order valence-corrected chi connectivity index (χ2v) is 7.78. The summed E-state index contributed by atoms with van der Waals surface area (Å²) in [5.74, 6) is 0. The zero-order valence-corrected chi connectivity index (χ0v) is 13.6. The molecular formula is C13H14Cl2N2O2S. The fourth-order valence-corrected chi connectivity index (χ4v) is 2.87. The molecule has 1 aromatic rings. The van der Waals surface area contributed by atoms with Gasteiger partial charge in [-0.25, -0.2) is 8.42 Å². The largest absolute Gasteiger partial charge is 0.349 e. The summed E-state index contributed by atoms with van der Waals surface area (Å²) in [5.41, 5.74) is 0.592. The second kappa shape index (κ2) is 6.49. The molecule has 0 aromatic heterocycles. The maximum atomic E-state index is 12.0. The van der Waals surface area contributed by atoms with Crippen molar-refractivity contribution in [2.75, 3.05) is 11.9 Å². The summed E-state index contributed by atoms with van der Waals surface area (Å²) in [6.07, 6.45) is 1.26. The molecule has 0 spiro atoms. The Morgan fingerprint density at radius 2 is 1.80 bits per heavy atom. The molecule has 0 heterocycles. The molecule has 0 aliphatic carbocycles. The van der Waals surface area contributed by atoms with E-state index in [1.165, 1.54) is 24.9 Å². The highest BCUT2D eigenvalue weighted by atomic mass is 35.5. The maximum Gasteiger partial charge on any atom is 0.192 e. The van der Waals surface area contributed by atoms with Crippen LogP contribution in [0.4, 0.5) is 5.69 Å². The van der Waals surface area contributed by atoms with E-state index in [2.05, 4.69) is 0 Å². The van der Waals surface area contributed by atoms with Crippen LogP contribution < -0.4 is 4.90 Å². The van der Waals surface area contributed by atoms with Crippen LogP contribution in [-0.2, 0) is 9.84 Å². The van der Waals surface area contributed by atoms with Crippen molar-refractivity contribution in [3.8, 4) is 6.07 Å². The number of sulfone groups is 1. The van der Waals surface area contributed by atoms with Gasteiger partial charge in [0.25, 0.3) is 0 Å². The normalized spacial score (nSPS) is 12.3. The van der Waals surface area contributed by atoms with Gasteiger partial charge in [-0.1, -0.05) is 23.2 Å². The molecule has 1 aromatic carbocycles. The minimum Gasteiger partial charge on any atom is -0.349 e. The van der Waals surface area contributed by atoms with E-state index < -0.39 is 15.1 Å². The van der Waals surface area contributed by atoms with Crippen LogP contribution in [0, 0.1) is 11.3 Å². The van der Waals surface area contributed by atoms with E-state index in [1.54, 1.807) is 31.3 Å². The van der Waals surface area contributed by atoms with Gasteiger partial charge >= 0.3 is 0 Å². The summed E-state index contributed by atoms with van der Waals surface area (Å²) < 4.78 is 24.0. The van der Waals surface area contributed by atoms with Gasteiger partial charge in [-0.2, -0.15) is 5.26 Å². The van der Waals surface area contributed by atoms with E-state index >= 15 is 0 Å². The van der Waals surface area contributed by atoms with Gasteiger partial charge in [0.1, 0.15) is 6.07 Å². The molecule has 0 N–H and O–H groups in total. The first kappa shape index (κ1) is 16.8. The standard InChI is InChI=1S/C13H14Cl2N2O2S/c1-9(2)20(18,19)13(7-16)8-17(3)12-5-10(14)4-11(15)6-12/h4-6,8-9H,1-3H3/b13-8+. The molecule has 108 valence electrons. The molecule has 0 radical (unpaired) electrons. The minimum absolute atomic E-state index is 0.300. The molecule has 20 heavy (non-hydrogen) atoms. The van der Waals surface area contributed by atoms with E-state index in [9.17, 15) is 8.42 Å². The van der Waals surface area contributed by atoms with Gasteiger partial charge in [-0.3, -0.25) is 0 Å². The van der Waals surface area contributed by atoms with Crippen LogP contribution in [0.25, 0.3) is 0 Å². The molecule has 0 amide bonds. The molecule has 0 aliphatic rings. The highest BCUT2D eigenvalue weighted by Gasteiger charge is 2.22. The van der Waals surface area contributed by atoms with Crippen LogP contribution in [0.3, 0.4) is 0 Å². The predicted molar refractivity (Wildman–Crippen MR) is 82.6 cm³/mol. The summed E-state index contributed by atoms with van der Waals surface area (Å²) in [4.78, 5) is 1.20. The molecule has 0 unspecified atom stereocenters. The van der Waals surface area contributed by atoms with Crippen molar-refractivity contribution >= 4 is 38.7 Å². The smallest absolute Gasteiger partial charge is 0.192 e. The molecule has 0 atom stereocenters. The summed E-state index contributed by atoms with van der Waals surface area (Å²) in [5, 5.41) is 9.23. The van der Waals surface area contributed by atoms with Gasteiger partial charge < -0.3 is 4.90 Å². The number of benzene rings is 1. The Kier molecular flexibility index (Phi) is 5.46. The van der Waals surface area contributed by atoms with Crippen molar-refractivity contribution in [1.29, 1.82) is 5.26 Å². The number of hydrogen-bond donors (Lipinski definition) is 0. The lowest BCUT2D eigenvalue weighted by Crippen LogP contribution is -2.18. The van der Waals surface area contributed by atoms with Crippen molar-refractivity contribution in [2.24, 2.45) is 0 Å². The number of hydrogen-bond acceptors (Lipinski definition) is 4. The van der Waals surface area contributed by atoms with Gasteiger partial charge in [0.15, 0.2) is 14.7 Å². The van der Waals surface area contributed by atoms with E-state index in [0.29, 0.717) is 15.7 Å². The number of halogens is 2. The lowest BCUT2D eigenvalue weighted by atomic mass is 10.3. The highest BCUT2D eigenvalue weighted by Crippen LogP contribution is 2.26. The molecular weight excluding hydrogens is 319 g/mol. The van der Waals surface area contributed by atoms with Crippen molar-refractivity contribution in [3.63, 3.8) is 0 Å². The number of allylic oxidation sites excluding steroid dienone is 1. The fraction of sp³-hybridized carbons (Fsp3) is 0.308. The Morgan fingerprint density at radius 1 is 1.30 bits per heavy atom. The Bertz CT molecular complexity index is 656. The monoisotopic (exact) mass is 332 g/mol. The Morgan fingerprint density at radius 3 is 2.20 bits per heavy atom. The number of anilines is 1. The van der Waals surface area contributed by atoms with Crippen molar-refractivity contribution in [1.82, 2.24) is 0 Å². The lowest BCUT2D eigenvalue weighted by Gasteiger charge is -2.16. The summed E-state index contributed by atoms with van der Waals surface area (Å²) >= 11 is 11.8. The van der Waals surface area contributed by atoms with Gasteiger partial charge in [-0.05, 0) is 32.0 Å². The molecule has 1 rings (SSSR count). The first-order chi connectivity index (χ1) is 9.18. The average molecular weight is 333 g/mol. The second-order valence-electron chi connectivity index (χ2n) is 4.44. The van der Waals surface area contributed by atoms with Gasteiger partial charge in [0.05, 0.1) is 5.25 Å². The third kappa shape index (κ3) is 3.89. The van der Waals surface area contributed by atoms with Crippen LogP contribution in [0.1, 0.15) is 13.8 Å². The highest BCUT2D eigenvalue weighted by molar-refractivity contribution is 7.96. The van der Waals surface area contributed by atoms with E-state index in [1.807, 2.05) is 0 Å². The average Bonchev–Trinajstić information content (AvgIpc) is 2.33. The van der Waals surface area contributed by atoms with Crippen LogP contribution in [0.2, 0.25) is 10.0 Å². The van der Waals surface area contributed by atoms with E-state index in [4.69, 9.17) is 28.5 Å². The quantitative estimate of drug-likeness (QED) is 0.790.